The van der Waals surface area contributed by atoms with Crippen molar-refractivity contribution in [1.29, 1.82) is 0 Å². The minimum Gasteiger partial charge on any atom is -0.390 e. The number of rotatable bonds is 1. The second-order valence-corrected chi connectivity index (χ2v) is 4.24. The van der Waals surface area contributed by atoms with Crippen LogP contribution in [-0.4, -0.2) is 48.5 Å². The highest BCUT2D eigenvalue weighted by atomic mass is 16.5. The number of anilines is 1. The number of ether oxygens (including phenoxy) is 1. The van der Waals surface area contributed by atoms with Crippen LogP contribution in [0.2, 0.25) is 0 Å². The molecule has 0 spiro atoms. The standard InChI is InChI=1S/C10H13N5O3/c11-9-8-10(13-3-12-9)15(4-14-8)7-1-5(16)6(17)2-18-7/h3-7,16-17H,1-2H2,(H2,11,12,13)/t5-,6+,7+/m0/s1. The first-order valence-electron chi connectivity index (χ1n) is 5.57. The van der Waals surface area contributed by atoms with Crippen molar-refractivity contribution in [1.82, 2.24) is 19.5 Å². The normalized spacial score (nSPS) is 28.7. The molecule has 0 radical (unpaired) electrons. The van der Waals surface area contributed by atoms with Gasteiger partial charge in [-0.2, -0.15) is 0 Å². The monoisotopic (exact) mass is 251 g/mol. The molecular weight excluding hydrogens is 238 g/mol. The van der Waals surface area contributed by atoms with E-state index in [1.165, 1.54) is 6.33 Å². The Morgan fingerprint density at radius 3 is 2.89 bits per heavy atom. The van der Waals surface area contributed by atoms with Crippen LogP contribution in [0.1, 0.15) is 12.6 Å². The molecule has 0 amide bonds. The van der Waals surface area contributed by atoms with E-state index < -0.39 is 18.4 Å². The number of imidazole rings is 1. The van der Waals surface area contributed by atoms with Crippen molar-refractivity contribution in [2.45, 2.75) is 24.9 Å². The molecule has 0 saturated carbocycles. The quantitative estimate of drug-likeness (QED) is 0.597. The number of aromatic nitrogens is 4. The first kappa shape index (κ1) is 11.3. The average Bonchev–Trinajstić information content (AvgIpc) is 2.78. The van der Waals surface area contributed by atoms with Gasteiger partial charge in [0.05, 0.1) is 19.0 Å². The summed E-state index contributed by atoms with van der Waals surface area (Å²) in [5.74, 6) is 0.301. The third kappa shape index (κ3) is 1.70. The van der Waals surface area contributed by atoms with Gasteiger partial charge in [-0.15, -0.1) is 0 Å². The molecule has 1 fully saturated rings. The lowest BCUT2D eigenvalue weighted by Crippen LogP contribution is -2.39. The van der Waals surface area contributed by atoms with Gasteiger partial charge >= 0.3 is 0 Å². The molecule has 1 saturated heterocycles. The molecule has 0 aliphatic carbocycles. The SMILES string of the molecule is Nc1ncnc2c1ncn2[C@H]1C[C@H](O)[C@H](O)CO1. The topological polar surface area (TPSA) is 119 Å². The summed E-state index contributed by atoms with van der Waals surface area (Å²) in [5.41, 5.74) is 6.74. The number of hydrogen-bond acceptors (Lipinski definition) is 7. The molecule has 0 aromatic carbocycles. The van der Waals surface area contributed by atoms with Crippen LogP contribution in [0.25, 0.3) is 11.2 Å². The zero-order chi connectivity index (χ0) is 12.7. The first-order valence-corrected chi connectivity index (χ1v) is 5.57. The number of fused-ring (bicyclic) bond motifs is 1. The highest BCUT2D eigenvalue weighted by molar-refractivity contribution is 5.81. The molecule has 3 heterocycles. The zero-order valence-electron chi connectivity index (χ0n) is 9.47. The van der Waals surface area contributed by atoms with E-state index in [1.807, 2.05) is 0 Å². The van der Waals surface area contributed by atoms with Gasteiger partial charge in [-0.1, -0.05) is 0 Å². The van der Waals surface area contributed by atoms with Gasteiger partial charge in [0.15, 0.2) is 11.5 Å². The van der Waals surface area contributed by atoms with Gasteiger partial charge in [0.2, 0.25) is 0 Å². The van der Waals surface area contributed by atoms with Crippen LogP contribution in [0.15, 0.2) is 12.7 Å². The van der Waals surface area contributed by atoms with Crippen LogP contribution < -0.4 is 5.73 Å². The Bertz CT molecular complexity index is 572. The molecular formula is C10H13N5O3. The summed E-state index contributed by atoms with van der Waals surface area (Å²) in [7, 11) is 0. The van der Waals surface area contributed by atoms with E-state index in [2.05, 4.69) is 15.0 Å². The number of nitrogen functional groups attached to an aromatic ring is 1. The highest BCUT2D eigenvalue weighted by Gasteiger charge is 2.30. The minimum atomic E-state index is -0.851. The van der Waals surface area contributed by atoms with Gasteiger partial charge in [0.25, 0.3) is 0 Å². The van der Waals surface area contributed by atoms with E-state index in [9.17, 15) is 10.2 Å². The maximum absolute atomic E-state index is 9.65. The lowest BCUT2D eigenvalue weighted by molar-refractivity contribution is -0.144. The number of hydrogen-bond donors (Lipinski definition) is 3. The average molecular weight is 251 g/mol. The largest absolute Gasteiger partial charge is 0.390 e. The molecule has 8 heteroatoms. The van der Waals surface area contributed by atoms with Gasteiger partial charge in [-0.05, 0) is 0 Å². The summed E-state index contributed by atoms with van der Waals surface area (Å²) in [5, 5.41) is 19.1. The van der Waals surface area contributed by atoms with Crippen molar-refractivity contribution in [2.75, 3.05) is 12.3 Å². The summed E-state index contributed by atoms with van der Waals surface area (Å²) in [6.45, 7) is 0.0755. The van der Waals surface area contributed by atoms with Crippen molar-refractivity contribution in [3.8, 4) is 0 Å². The second-order valence-electron chi connectivity index (χ2n) is 4.24. The molecule has 0 bridgehead atoms. The number of aliphatic hydroxyl groups is 2. The van der Waals surface area contributed by atoms with Crippen molar-refractivity contribution >= 4 is 17.0 Å². The van der Waals surface area contributed by atoms with E-state index in [-0.39, 0.29) is 13.0 Å². The molecule has 0 unspecified atom stereocenters. The second kappa shape index (κ2) is 4.16. The fourth-order valence-electron chi connectivity index (χ4n) is 2.03. The number of nitrogens with zero attached hydrogens (tertiary/aromatic N) is 4. The van der Waals surface area contributed by atoms with Gasteiger partial charge in [0, 0.05) is 6.42 Å². The molecule has 8 nitrogen and oxygen atoms in total. The van der Waals surface area contributed by atoms with E-state index in [0.29, 0.717) is 17.0 Å². The Kier molecular flexibility index (Phi) is 2.62. The van der Waals surface area contributed by atoms with Gasteiger partial charge in [0.1, 0.15) is 24.2 Å². The molecule has 1 aliphatic rings. The molecule has 18 heavy (non-hydrogen) atoms. The van der Waals surface area contributed by atoms with Crippen molar-refractivity contribution < 1.29 is 14.9 Å². The summed E-state index contributed by atoms with van der Waals surface area (Å²) in [4.78, 5) is 12.1. The lowest BCUT2D eigenvalue weighted by Gasteiger charge is -2.31. The summed E-state index contributed by atoms with van der Waals surface area (Å²) < 4.78 is 7.15. The van der Waals surface area contributed by atoms with Crippen LogP contribution in [0.4, 0.5) is 5.82 Å². The lowest BCUT2D eigenvalue weighted by atomic mass is 10.1. The van der Waals surface area contributed by atoms with Crippen LogP contribution in [-0.2, 0) is 4.74 Å². The third-order valence-electron chi connectivity index (χ3n) is 3.04. The highest BCUT2D eigenvalue weighted by Crippen LogP contribution is 2.26. The molecule has 2 aromatic heterocycles. The first-order chi connectivity index (χ1) is 8.66. The predicted molar refractivity (Wildman–Crippen MR) is 61.4 cm³/mol. The van der Waals surface area contributed by atoms with Crippen LogP contribution in [0, 0.1) is 0 Å². The van der Waals surface area contributed by atoms with E-state index in [0.717, 1.165) is 0 Å². The van der Waals surface area contributed by atoms with Crippen LogP contribution in [0.3, 0.4) is 0 Å². The summed E-state index contributed by atoms with van der Waals surface area (Å²) in [6, 6.07) is 0. The zero-order valence-corrected chi connectivity index (χ0v) is 9.47. The summed E-state index contributed by atoms with van der Waals surface area (Å²) >= 11 is 0. The van der Waals surface area contributed by atoms with Gasteiger partial charge in [-0.25, -0.2) is 15.0 Å². The maximum atomic E-state index is 9.65. The van der Waals surface area contributed by atoms with Crippen LogP contribution >= 0.6 is 0 Å². The number of nitrogens with two attached hydrogens (primary N) is 1. The molecule has 96 valence electrons. The molecule has 4 N–H and O–H groups in total. The van der Waals surface area contributed by atoms with E-state index in [4.69, 9.17) is 10.5 Å². The Hall–Kier alpha value is -1.77. The van der Waals surface area contributed by atoms with Crippen molar-refractivity contribution in [3.63, 3.8) is 0 Å². The Morgan fingerprint density at radius 1 is 1.28 bits per heavy atom. The number of aliphatic hydroxyl groups excluding tert-OH is 2. The van der Waals surface area contributed by atoms with E-state index in [1.54, 1.807) is 10.9 Å². The van der Waals surface area contributed by atoms with Crippen LogP contribution in [0.5, 0.6) is 0 Å². The Morgan fingerprint density at radius 2 is 2.11 bits per heavy atom. The van der Waals surface area contributed by atoms with Crippen molar-refractivity contribution in [2.24, 2.45) is 0 Å². The fourth-order valence-corrected chi connectivity index (χ4v) is 2.03. The van der Waals surface area contributed by atoms with Gasteiger partial charge < -0.3 is 20.7 Å². The fraction of sp³-hybridized carbons (Fsp3) is 0.500. The third-order valence-corrected chi connectivity index (χ3v) is 3.04. The predicted octanol–water partition coefficient (Wildman–Crippen LogP) is -0.951. The Labute approximate surface area is 102 Å². The molecule has 3 atom stereocenters. The van der Waals surface area contributed by atoms with E-state index >= 15 is 0 Å². The smallest absolute Gasteiger partial charge is 0.167 e. The minimum absolute atomic E-state index is 0.0755. The van der Waals surface area contributed by atoms with Gasteiger partial charge in [-0.3, -0.25) is 4.57 Å². The summed E-state index contributed by atoms with van der Waals surface area (Å²) in [6.07, 6.45) is 1.09. The Balaban J connectivity index is 1.98. The maximum Gasteiger partial charge on any atom is 0.167 e. The molecule has 3 rings (SSSR count). The molecule has 1 aliphatic heterocycles. The molecule has 2 aromatic rings. The van der Waals surface area contributed by atoms with Crippen molar-refractivity contribution in [3.05, 3.63) is 12.7 Å².